The molecule has 1 N–H and O–H groups in total. The van der Waals surface area contributed by atoms with Gasteiger partial charge in [0.05, 0.1) is 11.5 Å². The zero-order chi connectivity index (χ0) is 25.8. The first kappa shape index (κ1) is 25.5. The molecule has 9 nitrogen and oxygen atoms in total. The highest BCUT2D eigenvalue weighted by atomic mass is 16.6. The highest BCUT2D eigenvalue weighted by molar-refractivity contribution is 5.91. The number of carbonyl (C=O) groups excluding carboxylic acids is 2. The quantitative estimate of drug-likeness (QED) is 0.394. The average Bonchev–Trinajstić information content (AvgIpc) is 3.27. The van der Waals surface area contributed by atoms with E-state index in [0.717, 1.165) is 10.1 Å². The normalized spacial score (nSPS) is 12.0. The van der Waals surface area contributed by atoms with Gasteiger partial charge in [0, 0.05) is 26.0 Å². The molecule has 3 aromatic rings. The Morgan fingerprint density at radius 3 is 2.40 bits per heavy atom. The number of aromatic nitrogens is 2. The van der Waals surface area contributed by atoms with Gasteiger partial charge in [0.15, 0.2) is 0 Å². The number of carboxylic acid groups (broad SMARTS) is 1. The number of rotatable bonds is 6. The number of hydrogen-bond acceptors (Lipinski definition) is 6. The van der Waals surface area contributed by atoms with Gasteiger partial charge in [-0.3, -0.25) is 0 Å². The van der Waals surface area contributed by atoms with E-state index in [-0.39, 0.29) is 12.4 Å². The van der Waals surface area contributed by atoms with E-state index in [1.807, 2.05) is 13.0 Å². The van der Waals surface area contributed by atoms with Crippen molar-refractivity contribution in [2.75, 3.05) is 13.6 Å². The Bertz CT molecular complexity index is 1210. The first-order valence-corrected chi connectivity index (χ1v) is 11.0. The molecule has 0 bridgehead atoms. The number of esters is 1. The first-order valence-electron chi connectivity index (χ1n) is 11.0. The van der Waals surface area contributed by atoms with Gasteiger partial charge in [0.1, 0.15) is 17.2 Å². The smallest absolute Gasteiger partial charge is 0.417 e. The molecule has 3 rings (SSSR count). The van der Waals surface area contributed by atoms with Crippen molar-refractivity contribution in [2.24, 2.45) is 0 Å². The van der Waals surface area contributed by atoms with Crippen molar-refractivity contribution in [1.29, 1.82) is 0 Å². The summed E-state index contributed by atoms with van der Waals surface area (Å²) in [7, 11) is 1.58. The van der Waals surface area contributed by atoms with Gasteiger partial charge in [-0.15, -0.1) is 0 Å². The molecule has 184 valence electrons. The van der Waals surface area contributed by atoms with Crippen LogP contribution in [-0.4, -0.2) is 56.9 Å². The predicted molar refractivity (Wildman–Crippen MR) is 129 cm³/mol. The monoisotopic (exact) mass is 479 g/mol. The molecule has 0 fully saturated rings. The van der Waals surface area contributed by atoms with Crippen molar-refractivity contribution in [1.82, 2.24) is 14.5 Å². The van der Waals surface area contributed by atoms with Crippen molar-refractivity contribution in [3.05, 3.63) is 83.4 Å². The Labute approximate surface area is 203 Å². The van der Waals surface area contributed by atoms with Gasteiger partial charge < -0.3 is 19.5 Å². The molecule has 9 heteroatoms. The average molecular weight is 480 g/mol. The van der Waals surface area contributed by atoms with E-state index in [4.69, 9.17) is 9.47 Å². The number of benzene rings is 2. The molecule has 1 amide bonds. The Morgan fingerprint density at radius 2 is 1.80 bits per heavy atom. The lowest BCUT2D eigenvalue weighted by Crippen LogP contribution is -2.37. The van der Waals surface area contributed by atoms with Crippen LogP contribution < -0.4 is 4.74 Å². The van der Waals surface area contributed by atoms with Crippen LogP contribution in [0.3, 0.4) is 0 Å². The molecule has 1 atom stereocenters. The van der Waals surface area contributed by atoms with Gasteiger partial charge in [0.2, 0.25) is 0 Å². The summed E-state index contributed by atoms with van der Waals surface area (Å²) >= 11 is 0. The predicted octanol–water partition coefficient (Wildman–Crippen LogP) is 4.94. The molecule has 0 spiro atoms. The minimum atomic E-state index is -1.19. The minimum absolute atomic E-state index is 0.113. The van der Waals surface area contributed by atoms with E-state index in [0.29, 0.717) is 16.9 Å². The number of aryl methyl sites for hydroxylation is 1. The van der Waals surface area contributed by atoms with Crippen LogP contribution in [0, 0.1) is 6.92 Å². The molecular formula is C26H29N3O6. The van der Waals surface area contributed by atoms with E-state index < -0.39 is 29.7 Å². The van der Waals surface area contributed by atoms with Crippen LogP contribution in [0.25, 0.3) is 0 Å². The van der Waals surface area contributed by atoms with Crippen LogP contribution in [0.2, 0.25) is 0 Å². The molecule has 35 heavy (non-hydrogen) atoms. The number of hydrogen-bond donors (Lipinski definition) is 1. The van der Waals surface area contributed by atoms with Crippen molar-refractivity contribution in [2.45, 2.75) is 39.2 Å². The second-order valence-electron chi connectivity index (χ2n) is 9.18. The van der Waals surface area contributed by atoms with Crippen molar-refractivity contribution < 1.29 is 29.0 Å². The minimum Gasteiger partial charge on any atom is -0.464 e. The zero-order valence-corrected chi connectivity index (χ0v) is 20.4. The Hall–Kier alpha value is -4.14. The summed E-state index contributed by atoms with van der Waals surface area (Å²) in [6.45, 7) is 7.31. The van der Waals surface area contributed by atoms with Crippen molar-refractivity contribution in [3.8, 4) is 5.75 Å². The summed E-state index contributed by atoms with van der Waals surface area (Å²) in [5.41, 5.74) is 1.39. The Kier molecular flexibility index (Phi) is 7.58. The maximum absolute atomic E-state index is 12.6. The second-order valence-corrected chi connectivity index (χ2v) is 9.18. The van der Waals surface area contributed by atoms with E-state index >= 15 is 0 Å². The molecule has 1 aromatic heterocycles. The molecule has 1 heterocycles. The zero-order valence-electron chi connectivity index (χ0n) is 20.4. The van der Waals surface area contributed by atoms with Crippen LogP contribution in [0.15, 0.2) is 60.9 Å². The third kappa shape index (κ3) is 6.69. The highest BCUT2D eigenvalue weighted by Gasteiger charge is 2.27. The molecule has 2 aromatic carbocycles. The molecule has 1 unspecified atom stereocenters. The van der Waals surface area contributed by atoms with E-state index in [9.17, 15) is 19.5 Å². The summed E-state index contributed by atoms with van der Waals surface area (Å²) in [4.78, 5) is 42.4. The first-order chi connectivity index (χ1) is 16.4. The molecule has 0 aliphatic rings. The molecule has 0 saturated heterocycles. The molecule has 0 aliphatic heterocycles. The number of likely N-dealkylation sites (N-methyl/N-ethyl adjacent to an activating group) is 1. The summed E-state index contributed by atoms with van der Waals surface area (Å²) in [5.74, 6) is -0.484. The van der Waals surface area contributed by atoms with Crippen LogP contribution in [-0.2, 0) is 4.74 Å². The highest BCUT2D eigenvalue weighted by Crippen LogP contribution is 2.27. The lowest BCUT2D eigenvalue weighted by molar-refractivity contribution is 0.0292. The number of amides is 1. The van der Waals surface area contributed by atoms with Crippen LogP contribution in [0.4, 0.5) is 9.59 Å². The SMILES string of the molecule is Cc1cccc(C(=O)Oc2ccc(C(CN(C)C(=O)OC(C)(C)C)c3nccn3C(=O)O)cc2)c1. The fraction of sp³-hybridized carbons (Fsp3) is 0.308. The largest absolute Gasteiger partial charge is 0.464 e. The fourth-order valence-electron chi connectivity index (χ4n) is 3.47. The standard InChI is InChI=1S/C26H29N3O6/c1-17-7-6-8-19(15-17)23(30)34-20-11-9-18(10-12-20)21(22-27-13-14-29(22)24(31)32)16-28(5)25(33)35-26(2,3)4/h6-15,21H,16H2,1-5H3,(H,31,32). The molecular weight excluding hydrogens is 450 g/mol. The van der Waals surface area contributed by atoms with Gasteiger partial charge in [-0.2, -0.15) is 0 Å². The summed E-state index contributed by atoms with van der Waals surface area (Å²) in [6, 6.07) is 13.8. The van der Waals surface area contributed by atoms with Crippen LogP contribution in [0.5, 0.6) is 5.75 Å². The number of ether oxygens (including phenoxy) is 2. The van der Waals surface area contributed by atoms with Crippen molar-refractivity contribution in [3.63, 3.8) is 0 Å². The third-order valence-electron chi connectivity index (χ3n) is 5.10. The van der Waals surface area contributed by atoms with Gasteiger partial charge in [0.25, 0.3) is 0 Å². The Balaban J connectivity index is 1.86. The van der Waals surface area contributed by atoms with Crippen LogP contribution >= 0.6 is 0 Å². The maximum atomic E-state index is 12.6. The number of carbonyl (C=O) groups is 3. The van der Waals surface area contributed by atoms with Gasteiger partial charge in [-0.25, -0.2) is 23.9 Å². The lowest BCUT2D eigenvalue weighted by atomic mass is 9.97. The molecule has 0 saturated carbocycles. The summed E-state index contributed by atoms with van der Waals surface area (Å²) in [6.07, 6.45) is 1.00. The maximum Gasteiger partial charge on any atom is 0.417 e. The van der Waals surface area contributed by atoms with Gasteiger partial charge >= 0.3 is 18.2 Å². The van der Waals surface area contributed by atoms with E-state index in [1.165, 1.54) is 17.3 Å². The number of imidazole rings is 1. The lowest BCUT2D eigenvalue weighted by Gasteiger charge is -2.27. The van der Waals surface area contributed by atoms with Crippen LogP contribution in [0.1, 0.15) is 54.0 Å². The summed E-state index contributed by atoms with van der Waals surface area (Å²) in [5, 5.41) is 9.58. The van der Waals surface area contributed by atoms with Gasteiger partial charge in [-0.1, -0.05) is 29.8 Å². The fourth-order valence-corrected chi connectivity index (χ4v) is 3.47. The number of nitrogens with zero attached hydrogens (tertiary/aromatic N) is 3. The van der Waals surface area contributed by atoms with Crippen molar-refractivity contribution >= 4 is 18.2 Å². The second kappa shape index (κ2) is 10.4. The van der Waals surface area contributed by atoms with Gasteiger partial charge in [-0.05, 0) is 57.5 Å². The third-order valence-corrected chi connectivity index (χ3v) is 5.10. The Morgan fingerprint density at radius 1 is 1.11 bits per heavy atom. The van der Waals surface area contributed by atoms with E-state index in [1.54, 1.807) is 70.3 Å². The summed E-state index contributed by atoms with van der Waals surface area (Å²) < 4.78 is 11.9. The topological polar surface area (TPSA) is 111 Å². The molecule has 0 radical (unpaired) electrons. The van der Waals surface area contributed by atoms with E-state index in [2.05, 4.69) is 4.98 Å². The molecule has 0 aliphatic carbocycles.